The second-order valence-electron chi connectivity index (χ2n) is 5.13. The molecule has 0 aromatic heterocycles. The van der Waals surface area contributed by atoms with Crippen molar-refractivity contribution in [2.45, 2.75) is 44.6 Å². The van der Waals surface area contributed by atoms with E-state index in [9.17, 15) is 9.59 Å². The molecular formula is C13H23N3O2. The molecule has 18 heavy (non-hydrogen) atoms. The molecule has 0 aromatic carbocycles. The first-order valence-corrected chi connectivity index (χ1v) is 7.06. The molecule has 0 bridgehead atoms. The topological polar surface area (TPSA) is 61.4 Å². The fourth-order valence-corrected chi connectivity index (χ4v) is 2.63. The van der Waals surface area contributed by atoms with E-state index in [0.29, 0.717) is 13.0 Å². The molecule has 0 saturated carbocycles. The Morgan fingerprint density at radius 1 is 1.17 bits per heavy atom. The summed E-state index contributed by atoms with van der Waals surface area (Å²) in [6.45, 7) is 3.16. The van der Waals surface area contributed by atoms with Gasteiger partial charge in [-0.25, -0.2) is 0 Å². The van der Waals surface area contributed by atoms with Crippen LogP contribution in [0.5, 0.6) is 0 Å². The summed E-state index contributed by atoms with van der Waals surface area (Å²) in [5, 5.41) is 6.00. The van der Waals surface area contributed by atoms with E-state index in [1.165, 1.54) is 6.42 Å². The molecule has 2 saturated heterocycles. The van der Waals surface area contributed by atoms with Crippen LogP contribution in [0.4, 0.5) is 0 Å². The van der Waals surface area contributed by atoms with Gasteiger partial charge in [-0.15, -0.1) is 0 Å². The van der Waals surface area contributed by atoms with Crippen LogP contribution in [0.2, 0.25) is 0 Å². The molecule has 1 atom stereocenters. The van der Waals surface area contributed by atoms with Crippen LogP contribution in [-0.2, 0) is 9.59 Å². The van der Waals surface area contributed by atoms with Gasteiger partial charge >= 0.3 is 0 Å². The fourth-order valence-electron chi connectivity index (χ4n) is 2.63. The van der Waals surface area contributed by atoms with Gasteiger partial charge in [0.2, 0.25) is 11.8 Å². The van der Waals surface area contributed by atoms with Gasteiger partial charge in [-0.2, -0.15) is 0 Å². The standard InChI is InChI=1S/C13H23N3O2/c17-12(16-9-2-1-3-10-16)6-8-15-13(18)11-5-4-7-14-11/h11,14H,1-10H2,(H,15,18). The zero-order valence-electron chi connectivity index (χ0n) is 10.9. The van der Waals surface area contributed by atoms with Crippen molar-refractivity contribution < 1.29 is 9.59 Å². The molecule has 2 rings (SSSR count). The first-order valence-electron chi connectivity index (χ1n) is 7.06. The Labute approximate surface area is 108 Å². The molecule has 2 fully saturated rings. The number of carbonyl (C=O) groups excluding carboxylic acids is 2. The number of hydrogen-bond acceptors (Lipinski definition) is 3. The van der Waals surface area contributed by atoms with Crippen LogP contribution in [0, 0.1) is 0 Å². The molecule has 102 valence electrons. The summed E-state index contributed by atoms with van der Waals surface area (Å²) in [4.78, 5) is 25.5. The monoisotopic (exact) mass is 253 g/mol. The van der Waals surface area contributed by atoms with Crippen molar-refractivity contribution in [2.75, 3.05) is 26.2 Å². The lowest BCUT2D eigenvalue weighted by molar-refractivity contribution is -0.132. The highest BCUT2D eigenvalue weighted by molar-refractivity contribution is 5.83. The Morgan fingerprint density at radius 3 is 2.61 bits per heavy atom. The van der Waals surface area contributed by atoms with E-state index < -0.39 is 0 Å². The van der Waals surface area contributed by atoms with Gasteiger partial charge < -0.3 is 15.5 Å². The minimum atomic E-state index is -0.0462. The van der Waals surface area contributed by atoms with Gasteiger partial charge in [0.15, 0.2) is 0 Å². The number of amides is 2. The van der Waals surface area contributed by atoms with E-state index in [1.807, 2.05) is 4.90 Å². The summed E-state index contributed by atoms with van der Waals surface area (Å²) in [5.74, 6) is 0.216. The number of rotatable bonds is 4. The van der Waals surface area contributed by atoms with Crippen molar-refractivity contribution in [1.29, 1.82) is 0 Å². The molecule has 1 unspecified atom stereocenters. The highest BCUT2D eigenvalue weighted by Crippen LogP contribution is 2.09. The predicted octanol–water partition coefficient (Wildman–Crippen LogP) is 0.257. The van der Waals surface area contributed by atoms with E-state index in [4.69, 9.17) is 0 Å². The minimum Gasteiger partial charge on any atom is -0.354 e. The lowest BCUT2D eigenvalue weighted by Gasteiger charge is -2.26. The van der Waals surface area contributed by atoms with E-state index in [2.05, 4.69) is 10.6 Å². The van der Waals surface area contributed by atoms with Crippen LogP contribution in [-0.4, -0.2) is 48.9 Å². The molecule has 0 radical (unpaired) electrons. The van der Waals surface area contributed by atoms with Gasteiger partial charge in [0.25, 0.3) is 0 Å². The van der Waals surface area contributed by atoms with Crippen LogP contribution in [0.15, 0.2) is 0 Å². The zero-order chi connectivity index (χ0) is 12.8. The third-order valence-corrected chi connectivity index (χ3v) is 3.72. The van der Waals surface area contributed by atoms with Crippen molar-refractivity contribution in [3.05, 3.63) is 0 Å². The lowest BCUT2D eigenvalue weighted by atomic mass is 10.1. The average molecular weight is 253 g/mol. The van der Waals surface area contributed by atoms with Crippen LogP contribution >= 0.6 is 0 Å². The number of carbonyl (C=O) groups is 2. The molecule has 0 aliphatic carbocycles. The Bertz CT molecular complexity index is 295. The fraction of sp³-hybridized carbons (Fsp3) is 0.846. The smallest absolute Gasteiger partial charge is 0.237 e. The summed E-state index contributed by atoms with van der Waals surface area (Å²) in [5.41, 5.74) is 0. The van der Waals surface area contributed by atoms with Crippen molar-refractivity contribution in [3.63, 3.8) is 0 Å². The molecule has 0 aromatic rings. The number of hydrogen-bond donors (Lipinski definition) is 2. The molecule has 2 heterocycles. The molecular weight excluding hydrogens is 230 g/mol. The molecule has 0 spiro atoms. The van der Waals surface area contributed by atoms with Crippen molar-refractivity contribution >= 4 is 11.8 Å². The highest BCUT2D eigenvalue weighted by atomic mass is 16.2. The van der Waals surface area contributed by atoms with Gasteiger partial charge in [0.05, 0.1) is 6.04 Å². The third-order valence-electron chi connectivity index (χ3n) is 3.72. The molecule has 2 aliphatic heterocycles. The first kappa shape index (κ1) is 13.3. The Hall–Kier alpha value is -1.10. The lowest BCUT2D eigenvalue weighted by Crippen LogP contribution is -2.42. The Kier molecular flexibility index (Phi) is 4.99. The second kappa shape index (κ2) is 6.73. The van der Waals surface area contributed by atoms with Gasteiger partial charge in [-0.05, 0) is 38.6 Å². The van der Waals surface area contributed by atoms with Gasteiger partial charge in [-0.1, -0.05) is 0 Å². The van der Waals surface area contributed by atoms with E-state index in [1.54, 1.807) is 0 Å². The van der Waals surface area contributed by atoms with Gasteiger partial charge in [0, 0.05) is 26.1 Å². The summed E-state index contributed by atoms with van der Waals surface area (Å²) in [7, 11) is 0. The summed E-state index contributed by atoms with van der Waals surface area (Å²) >= 11 is 0. The normalized spacial score (nSPS) is 24.0. The maximum absolute atomic E-state index is 11.9. The van der Waals surface area contributed by atoms with Crippen molar-refractivity contribution in [1.82, 2.24) is 15.5 Å². The molecule has 2 aliphatic rings. The summed E-state index contributed by atoms with van der Waals surface area (Å²) in [6.07, 6.45) is 5.86. The molecule has 2 N–H and O–H groups in total. The third kappa shape index (κ3) is 3.70. The van der Waals surface area contributed by atoms with Crippen LogP contribution in [0.3, 0.4) is 0 Å². The summed E-state index contributed by atoms with van der Waals surface area (Å²) < 4.78 is 0. The van der Waals surface area contributed by atoms with Gasteiger partial charge in [0.1, 0.15) is 0 Å². The maximum atomic E-state index is 11.9. The molecule has 5 heteroatoms. The summed E-state index contributed by atoms with van der Waals surface area (Å²) in [6, 6.07) is -0.0462. The molecule has 5 nitrogen and oxygen atoms in total. The maximum Gasteiger partial charge on any atom is 0.237 e. The zero-order valence-corrected chi connectivity index (χ0v) is 10.9. The highest BCUT2D eigenvalue weighted by Gasteiger charge is 2.22. The number of likely N-dealkylation sites (tertiary alicyclic amines) is 1. The van der Waals surface area contributed by atoms with Crippen LogP contribution < -0.4 is 10.6 Å². The minimum absolute atomic E-state index is 0.0407. The second-order valence-corrected chi connectivity index (χ2v) is 5.13. The largest absolute Gasteiger partial charge is 0.354 e. The number of nitrogens with one attached hydrogen (secondary N) is 2. The van der Waals surface area contributed by atoms with Crippen LogP contribution in [0.25, 0.3) is 0 Å². The Morgan fingerprint density at radius 2 is 1.94 bits per heavy atom. The molecule has 2 amide bonds. The van der Waals surface area contributed by atoms with E-state index in [0.717, 1.165) is 45.3 Å². The van der Waals surface area contributed by atoms with Gasteiger partial charge in [-0.3, -0.25) is 9.59 Å². The predicted molar refractivity (Wildman–Crippen MR) is 69.1 cm³/mol. The average Bonchev–Trinajstić information content (AvgIpc) is 2.93. The van der Waals surface area contributed by atoms with E-state index in [-0.39, 0.29) is 17.9 Å². The quantitative estimate of drug-likeness (QED) is 0.755. The Balaban J connectivity index is 1.62. The van der Waals surface area contributed by atoms with Crippen LogP contribution in [0.1, 0.15) is 38.5 Å². The van der Waals surface area contributed by atoms with E-state index >= 15 is 0 Å². The number of nitrogens with zero attached hydrogens (tertiary/aromatic N) is 1. The number of piperidine rings is 1. The van der Waals surface area contributed by atoms with Crippen molar-refractivity contribution in [2.24, 2.45) is 0 Å². The van der Waals surface area contributed by atoms with Crippen molar-refractivity contribution in [3.8, 4) is 0 Å². The SMILES string of the molecule is O=C(NCCC(=O)N1CCCCC1)C1CCCN1. The first-order chi connectivity index (χ1) is 8.77.